The fourth-order valence-corrected chi connectivity index (χ4v) is 4.33. The Morgan fingerprint density at radius 2 is 1.82 bits per heavy atom. The number of pyridine rings is 1. The quantitative estimate of drug-likeness (QED) is 0.271. The second kappa shape index (κ2) is 10.8. The number of rotatable bonds is 8. The van der Waals surface area contributed by atoms with Gasteiger partial charge in [-0.3, -0.25) is 9.78 Å². The number of carbonyl (C=O) groups is 1. The summed E-state index contributed by atoms with van der Waals surface area (Å²) < 4.78 is 1.41. The molecule has 2 heterocycles. The summed E-state index contributed by atoms with van der Waals surface area (Å²) >= 11 is 6.61. The lowest BCUT2D eigenvalue weighted by Gasteiger charge is -2.23. The molecule has 11 heteroatoms. The average molecular weight is 556 g/mol. The van der Waals surface area contributed by atoms with Crippen LogP contribution in [0.4, 0.5) is 11.4 Å². The molecule has 1 atom stereocenters. The smallest absolute Gasteiger partial charge is 0.244 e. The number of anilines is 2. The Kier molecular flexibility index (Phi) is 7.68. The Morgan fingerprint density at radius 3 is 2.45 bits per heavy atom. The van der Waals surface area contributed by atoms with Gasteiger partial charge < -0.3 is 16.4 Å². The van der Waals surface area contributed by atoms with Gasteiger partial charge in [0.1, 0.15) is 23.4 Å². The highest BCUT2D eigenvalue weighted by atomic mass is 35.5. The van der Waals surface area contributed by atoms with E-state index in [1.807, 2.05) is 24.3 Å². The Hall–Kier alpha value is -4.67. The summed E-state index contributed by atoms with van der Waals surface area (Å²) in [4.78, 5) is 16.5. The lowest BCUT2D eigenvalue weighted by Crippen LogP contribution is -2.41. The molecule has 0 fully saturated rings. The van der Waals surface area contributed by atoms with Gasteiger partial charge in [-0.1, -0.05) is 55.8 Å². The van der Waals surface area contributed by atoms with Gasteiger partial charge in [-0.05, 0) is 43.0 Å². The van der Waals surface area contributed by atoms with Crippen LogP contribution in [0, 0.1) is 28.1 Å². The number of nitriles is 2. The minimum Gasteiger partial charge on any atom is -0.383 e. The van der Waals surface area contributed by atoms with Crippen LogP contribution < -0.4 is 16.4 Å². The van der Waals surface area contributed by atoms with E-state index in [1.165, 1.54) is 10.9 Å². The van der Waals surface area contributed by atoms with E-state index >= 15 is 0 Å². The van der Waals surface area contributed by atoms with Gasteiger partial charge in [0.15, 0.2) is 0 Å². The highest BCUT2D eigenvalue weighted by Gasteiger charge is 2.31. The third kappa shape index (κ3) is 5.68. The Bertz CT molecular complexity index is 1670. The molecule has 0 aliphatic carbocycles. The summed E-state index contributed by atoms with van der Waals surface area (Å²) in [7, 11) is 0. The van der Waals surface area contributed by atoms with E-state index in [-0.39, 0.29) is 5.41 Å². The maximum Gasteiger partial charge on any atom is 0.244 e. The summed E-state index contributed by atoms with van der Waals surface area (Å²) in [5.41, 5.74) is 7.98. The monoisotopic (exact) mass is 555 g/mol. The number of nitrogens with two attached hydrogens (primary N) is 1. The number of benzene rings is 2. The van der Waals surface area contributed by atoms with E-state index in [2.05, 4.69) is 58.8 Å². The predicted octanol–water partition coefficient (Wildman–Crippen LogP) is 5.10. The van der Waals surface area contributed by atoms with Crippen molar-refractivity contribution in [1.82, 2.24) is 20.0 Å². The number of hydrogen-bond acceptors (Lipinski definition) is 8. The number of nitrogens with one attached hydrogen (secondary N) is 2. The van der Waals surface area contributed by atoms with Gasteiger partial charge in [-0.25, -0.2) is 4.68 Å². The van der Waals surface area contributed by atoms with Crippen LogP contribution >= 0.6 is 11.6 Å². The molecule has 0 spiro atoms. The molecule has 0 bridgehead atoms. The van der Waals surface area contributed by atoms with Crippen LogP contribution in [0.2, 0.25) is 5.02 Å². The van der Waals surface area contributed by atoms with Gasteiger partial charge in [-0.2, -0.15) is 10.5 Å². The van der Waals surface area contributed by atoms with Crippen molar-refractivity contribution in [3.8, 4) is 12.1 Å². The number of amides is 1. The molecule has 0 radical (unpaired) electrons. The normalized spacial score (nSPS) is 12.4. The van der Waals surface area contributed by atoms with Gasteiger partial charge >= 0.3 is 0 Å². The van der Waals surface area contributed by atoms with E-state index in [0.717, 1.165) is 0 Å². The van der Waals surface area contributed by atoms with Crippen LogP contribution in [0.5, 0.6) is 0 Å². The van der Waals surface area contributed by atoms with Crippen LogP contribution in [0.25, 0.3) is 10.9 Å². The molecule has 4 aromatic rings. The molecule has 40 heavy (non-hydrogen) atoms. The van der Waals surface area contributed by atoms with E-state index in [1.54, 1.807) is 32.2 Å². The van der Waals surface area contributed by atoms with E-state index in [4.69, 9.17) is 17.3 Å². The molecule has 2 aromatic heterocycles. The van der Waals surface area contributed by atoms with Crippen molar-refractivity contribution in [2.24, 2.45) is 11.1 Å². The molecule has 0 saturated heterocycles. The number of halogens is 1. The second-order valence-corrected chi connectivity index (χ2v) is 11.6. The van der Waals surface area contributed by atoms with Crippen molar-refractivity contribution in [2.45, 2.75) is 46.2 Å². The maximum atomic E-state index is 12.0. The fourth-order valence-electron chi connectivity index (χ4n) is 4.08. The zero-order valence-electron chi connectivity index (χ0n) is 23.0. The predicted molar refractivity (Wildman–Crippen MR) is 155 cm³/mol. The molecule has 0 aliphatic rings. The van der Waals surface area contributed by atoms with Gasteiger partial charge in [0.2, 0.25) is 5.91 Å². The average Bonchev–Trinajstić information content (AvgIpc) is 3.40. The zero-order valence-corrected chi connectivity index (χ0v) is 23.7. The van der Waals surface area contributed by atoms with Crippen molar-refractivity contribution >= 4 is 39.8 Å². The SMILES string of the molecule is CC(C)(C)CNc1c(C#N)cnc2c(C#N)cc(N[C@H](c3cn(C(C)(C)C(N)=O)nn3)c3ccccc3Cl)cc12. The third-order valence-electron chi connectivity index (χ3n) is 6.52. The molecule has 4 N–H and O–H groups in total. The van der Waals surface area contributed by atoms with Crippen molar-refractivity contribution in [3.63, 3.8) is 0 Å². The van der Waals surface area contributed by atoms with Gasteiger partial charge in [0, 0.05) is 28.8 Å². The number of hydrogen-bond donors (Lipinski definition) is 3. The fraction of sp³-hybridized carbons (Fsp3) is 0.310. The zero-order chi connectivity index (χ0) is 29.2. The number of carbonyl (C=O) groups excluding carboxylic acids is 1. The first-order valence-electron chi connectivity index (χ1n) is 12.6. The Balaban J connectivity index is 1.88. The van der Waals surface area contributed by atoms with E-state index < -0.39 is 17.5 Å². The largest absolute Gasteiger partial charge is 0.383 e. The van der Waals surface area contributed by atoms with Crippen LogP contribution in [0.15, 0.2) is 48.8 Å². The molecule has 10 nitrogen and oxygen atoms in total. The first-order valence-corrected chi connectivity index (χ1v) is 13.0. The minimum atomic E-state index is -1.11. The standard InChI is InChI=1S/C29H30ClN9O/c1-28(2,3)16-35-25-18(13-32)14-34-24-17(12-31)10-19(11-21(24)25)36-26(20-8-6-7-9-22(20)30)23-15-39(38-37-23)29(4,5)27(33)40/h6-11,14-15,26,36H,16H2,1-5H3,(H2,33,40)(H,34,35)/t26-/m0/s1. The van der Waals surface area contributed by atoms with Crippen LogP contribution in [0.3, 0.4) is 0 Å². The van der Waals surface area contributed by atoms with E-state index in [0.29, 0.717) is 56.2 Å². The van der Waals surface area contributed by atoms with Gasteiger partial charge in [0.05, 0.1) is 34.6 Å². The second-order valence-electron chi connectivity index (χ2n) is 11.2. The van der Waals surface area contributed by atoms with Crippen molar-refractivity contribution in [2.75, 3.05) is 17.2 Å². The molecular formula is C29H30ClN9O. The summed E-state index contributed by atoms with van der Waals surface area (Å²) in [5, 5.41) is 36.3. The third-order valence-corrected chi connectivity index (χ3v) is 6.86. The maximum absolute atomic E-state index is 12.0. The van der Waals surface area contributed by atoms with E-state index in [9.17, 15) is 15.3 Å². The number of fused-ring (bicyclic) bond motifs is 1. The summed E-state index contributed by atoms with van der Waals surface area (Å²) in [6.45, 7) is 10.2. The van der Waals surface area contributed by atoms with Crippen LogP contribution in [-0.2, 0) is 10.3 Å². The Labute approximate surface area is 237 Å². The molecule has 0 saturated carbocycles. The van der Waals surface area contributed by atoms with Crippen molar-refractivity contribution < 1.29 is 4.79 Å². The molecular weight excluding hydrogens is 526 g/mol. The molecule has 204 valence electrons. The van der Waals surface area contributed by atoms with Gasteiger partial charge in [-0.15, -0.1) is 5.10 Å². The summed E-state index contributed by atoms with van der Waals surface area (Å²) in [6.07, 6.45) is 3.12. The van der Waals surface area contributed by atoms with Crippen LogP contribution in [-0.4, -0.2) is 32.4 Å². The number of primary amides is 1. The number of nitrogens with zero attached hydrogens (tertiary/aromatic N) is 6. The molecule has 2 aromatic carbocycles. The molecule has 0 unspecified atom stereocenters. The summed E-state index contributed by atoms with van der Waals surface area (Å²) in [5.74, 6) is -0.560. The first kappa shape index (κ1) is 28.3. The lowest BCUT2D eigenvalue weighted by molar-refractivity contribution is -0.125. The highest BCUT2D eigenvalue weighted by Crippen LogP contribution is 2.35. The van der Waals surface area contributed by atoms with Gasteiger partial charge in [0.25, 0.3) is 0 Å². The highest BCUT2D eigenvalue weighted by molar-refractivity contribution is 6.31. The van der Waals surface area contributed by atoms with Crippen molar-refractivity contribution in [1.29, 1.82) is 10.5 Å². The Morgan fingerprint density at radius 1 is 1.12 bits per heavy atom. The lowest BCUT2D eigenvalue weighted by atomic mass is 9.96. The van der Waals surface area contributed by atoms with Crippen LogP contribution in [0.1, 0.15) is 63.0 Å². The molecule has 4 rings (SSSR count). The minimum absolute atomic E-state index is 0.0596. The summed E-state index contributed by atoms with van der Waals surface area (Å²) in [6, 6.07) is 14.7. The first-order chi connectivity index (χ1) is 18.9. The number of aromatic nitrogens is 4. The topological polar surface area (TPSA) is 158 Å². The molecule has 1 amide bonds. The van der Waals surface area contributed by atoms with Crippen molar-refractivity contribution in [3.05, 3.63) is 76.2 Å². The molecule has 0 aliphatic heterocycles.